The Morgan fingerprint density at radius 3 is 2.77 bits per heavy atom. The van der Waals surface area contributed by atoms with E-state index in [0.29, 0.717) is 26.1 Å². The number of hydrogen-bond donors (Lipinski definition) is 7. The standard InChI is InChI=1S/C19H25FN4O7/c20-12-5-10-15(28)11(19(30)31)6-22-17(10)23-18(12)24-4-2-9(7-24)21-3-1-13(26)16(29)14(27)8-25/h5-6,9,13-14,16,21,25-27,29H,1-4,7-8H2,(H,30,31)(H,22,23,28)/t9?,13-,14-,16-/m1/s1. The third-order valence-electron chi connectivity index (χ3n) is 5.37. The smallest absolute Gasteiger partial charge is 0.341 e. The summed E-state index contributed by atoms with van der Waals surface area (Å²) in [5.41, 5.74) is -1.22. The van der Waals surface area contributed by atoms with E-state index in [9.17, 15) is 29.3 Å². The number of aromatic amines is 1. The quantitative estimate of drug-likeness (QED) is 0.240. The van der Waals surface area contributed by atoms with Crippen LogP contribution in [0.1, 0.15) is 23.2 Å². The van der Waals surface area contributed by atoms with Crippen LogP contribution in [0.5, 0.6) is 0 Å². The molecule has 7 N–H and O–H groups in total. The molecule has 3 heterocycles. The highest BCUT2D eigenvalue weighted by molar-refractivity contribution is 5.91. The summed E-state index contributed by atoms with van der Waals surface area (Å²) < 4.78 is 14.6. The summed E-state index contributed by atoms with van der Waals surface area (Å²) in [7, 11) is 0. The van der Waals surface area contributed by atoms with Crippen LogP contribution < -0.4 is 15.6 Å². The Balaban J connectivity index is 1.63. The molecule has 0 radical (unpaired) electrons. The fraction of sp³-hybridized carbons (Fsp3) is 0.526. The number of H-pyrrole nitrogens is 1. The second-order valence-corrected chi connectivity index (χ2v) is 7.51. The Kier molecular flexibility index (Phi) is 7.18. The van der Waals surface area contributed by atoms with Crippen LogP contribution in [0.25, 0.3) is 11.0 Å². The highest BCUT2D eigenvalue weighted by Crippen LogP contribution is 2.24. The van der Waals surface area contributed by atoms with E-state index < -0.39 is 47.7 Å². The fourth-order valence-corrected chi connectivity index (χ4v) is 3.58. The SMILES string of the molecule is O=C(O)c1c[nH]c2nc(N3CCC(NCC[C@@H](O)[C@@H](O)[C@H](O)CO)C3)c(F)cc2c1=O. The minimum atomic E-state index is -1.45. The van der Waals surface area contributed by atoms with Gasteiger partial charge in [-0.05, 0) is 25.5 Å². The fourth-order valence-electron chi connectivity index (χ4n) is 3.58. The van der Waals surface area contributed by atoms with E-state index in [1.165, 1.54) is 0 Å². The van der Waals surface area contributed by atoms with Crippen molar-refractivity contribution in [2.75, 3.05) is 31.1 Å². The van der Waals surface area contributed by atoms with Gasteiger partial charge >= 0.3 is 5.97 Å². The predicted octanol–water partition coefficient (Wildman–Crippen LogP) is -1.61. The Hall–Kier alpha value is -2.64. The van der Waals surface area contributed by atoms with Crippen molar-refractivity contribution >= 4 is 22.8 Å². The van der Waals surface area contributed by atoms with Gasteiger partial charge in [0.25, 0.3) is 0 Å². The largest absolute Gasteiger partial charge is 0.477 e. The first-order valence-electron chi connectivity index (χ1n) is 9.81. The minimum Gasteiger partial charge on any atom is -0.477 e. The second-order valence-electron chi connectivity index (χ2n) is 7.51. The number of carbonyl (C=O) groups is 1. The summed E-state index contributed by atoms with van der Waals surface area (Å²) in [5.74, 6) is -2.11. The number of hydrogen-bond acceptors (Lipinski definition) is 9. The monoisotopic (exact) mass is 440 g/mol. The number of aliphatic hydroxyl groups excluding tert-OH is 4. The molecule has 1 unspecified atom stereocenters. The number of aromatic nitrogens is 2. The molecule has 0 saturated carbocycles. The summed E-state index contributed by atoms with van der Waals surface area (Å²) in [6.07, 6.45) is -2.25. The zero-order chi connectivity index (χ0) is 22.7. The van der Waals surface area contributed by atoms with Crippen molar-refractivity contribution in [3.63, 3.8) is 0 Å². The Bertz CT molecular complexity index is 1000. The number of fused-ring (bicyclic) bond motifs is 1. The molecular formula is C19H25FN4O7. The molecule has 11 nitrogen and oxygen atoms in total. The summed E-state index contributed by atoms with van der Waals surface area (Å²) in [6, 6.07) is 0.936. The Labute approximate surface area is 175 Å². The molecule has 0 amide bonds. The molecule has 31 heavy (non-hydrogen) atoms. The van der Waals surface area contributed by atoms with E-state index in [1.807, 2.05) is 0 Å². The number of carboxylic acid groups (broad SMARTS) is 1. The number of carboxylic acids is 1. The van der Waals surface area contributed by atoms with Gasteiger partial charge in [0.2, 0.25) is 5.43 Å². The summed E-state index contributed by atoms with van der Waals surface area (Å²) in [5, 5.41) is 49.7. The van der Waals surface area contributed by atoms with Crippen LogP contribution >= 0.6 is 0 Å². The molecule has 3 rings (SSSR count). The van der Waals surface area contributed by atoms with Gasteiger partial charge in [-0.15, -0.1) is 0 Å². The first kappa shape index (κ1) is 23.0. The van der Waals surface area contributed by atoms with Gasteiger partial charge in [-0.3, -0.25) is 4.79 Å². The van der Waals surface area contributed by atoms with Crippen molar-refractivity contribution < 1.29 is 34.7 Å². The van der Waals surface area contributed by atoms with Crippen LogP contribution in [0.15, 0.2) is 17.1 Å². The van der Waals surface area contributed by atoms with Crippen molar-refractivity contribution in [3.8, 4) is 0 Å². The van der Waals surface area contributed by atoms with Crippen molar-refractivity contribution in [2.45, 2.75) is 37.2 Å². The number of pyridine rings is 2. The molecule has 12 heteroatoms. The van der Waals surface area contributed by atoms with Gasteiger partial charge in [-0.1, -0.05) is 0 Å². The predicted molar refractivity (Wildman–Crippen MR) is 108 cm³/mol. The van der Waals surface area contributed by atoms with E-state index in [-0.39, 0.29) is 29.3 Å². The first-order chi connectivity index (χ1) is 14.7. The van der Waals surface area contributed by atoms with Crippen LogP contribution in [-0.4, -0.2) is 92.1 Å². The van der Waals surface area contributed by atoms with Crippen LogP contribution in [0.3, 0.4) is 0 Å². The van der Waals surface area contributed by atoms with E-state index in [0.717, 1.165) is 12.3 Å². The third kappa shape index (κ3) is 4.99. The normalized spacial score (nSPS) is 19.5. The summed E-state index contributed by atoms with van der Waals surface area (Å²) >= 11 is 0. The number of nitrogens with zero attached hydrogens (tertiary/aromatic N) is 2. The van der Waals surface area contributed by atoms with Gasteiger partial charge in [0.15, 0.2) is 11.6 Å². The third-order valence-corrected chi connectivity index (χ3v) is 5.37. The van der Waals surface area contributed by atoms with Gasteiger partial charge in [-0.25, -0.2) is 14.2 Å². The van der Waals surface area contributed by atoms with Crippen LogP contribution in [0, 0.1) is 5.82 Å². The van der Waals surface area contributed by atoms with Crippen molar-refractivity contribution in [1.29, 1.82) is 0 Å². The Morgan fingerprint density at radius 1 is 1.35 bits per heavy atom. The number of halogens is 1. The average Bonchev–Trinajstić information content (AvgIpc) is 3.21. The number of anilines is 1. The van der Waals surface area contributed by atoms with Crippen molar-refractivity contribution in [2.24, 2.45) is 0 Å². The van der Waals surface area contributed by atoms with Crippen molar-refractivity contribution in [3.05, 3.63) is 33.9 Å². The van der Waals surface area contributed by atoms with E-state index in [2.05, 4.69) is 15.3 Å². The second kappa shape index (κ2) is 9.66. The van der Waals surface area contributed by atoms with E-state index >= 15 is 0 Å². The molecule has 0 bridgehead atoms. The topological polar surface area (TPSA) is 179 Å². The first-order valence-corrected chi connectivity index (χ1v) is 9.81. The average molecular weight is 440 g/mol. The minimum absolute atomic E-state index is 0.0389. The van der Waals surface area contributed by atoms with Crippen LogP contribution in [-0.2, 0) is 0 Å². The number of aliphatic hydroxyl groups is 4. The molecule has 4 atom stereocenters. The summed E-state index contributed by atoms with van der Waals surface area (Å²) in [4.78, 5) is 31.7. The summed E-state index contributed by atoms with van der Waals surface area (Å²) in [6.45, 7) is 0.563. The molecule has 2 aromatic rings. The van der Waals surface area contributed by atoms with Gasteiger partial charge in [0, 0.05) is 25.3 Å². The van der Waals surface area contributed by atoms with Crippen molar-refractivity contribution in [1.82, 2.24) is 15.3 Å². The molecule has 0 aliphatic carbocycles. The molecule has 1 fully saturated rings. The molecule has 1 saturated heterocycles. The maximum Gasteiger partial charge on any atom is 0.341 e. The molecule has 0 spiro atoms. The lowest BCUT2D eigenvalue weighted by Crippen LogP contribution is -2.42. The number of nitrogens with one attached hydrogen (secondary N) is 2. The van der Waals surface area contributed by atoms with Gasteiger partial charge in [0.1, 0.15) is 23.4 Å². The highest BCUT2D eigenvalue weighted by atomic mass is 19.1. The lowest BCUT2D eigenvalue weighted by Gasteiger charge is -2.22. The lowest BCUT2D eigenvalue weighted by molar-refractivity contribution is -0.0779. The molecule has 1 aliphatic rings. The van der Waals surface area contributed by atoms with Gasteiger partial charge in [0.05, 0.1) is 18.1 Å². The van der Waals surface area contributed by atoms with E-state index in [1.54, 1.807) is 4.90 Å². The highest BCUT2D eigenvalue weighted by Gasteiger charge is 2.28. The molecule has 2 aromatic heterocycles. The lowest BCUT2D eigenvalue weighted by atomic mass is 10.1. The maximum atomic E-state index is 14.6. The zero-order valence-electron chi connectivity index (χ0n) is 16.5. The number of aromatic carboxylic acids is 1. The molecule has 1 aliphatic heterocycles. The Morgan fingerprint density at radius 2 is 2.10 bits per heavy atom. The van der Waals surface area contributed by atoms with E-state index in [4.69, 9.17) is 10.2 Å². The molecular weight excluding hydrogens is 415 g/mol. The van der Waals surface area contributed by atoms with Crippen LogP contribution in [0.4, 0.5) is 10.2 Å². The maximum absolute atomic E-state index is 14.6. The van der Waals surface area contributed by atoms with Crippen LogP contribution in [0.2, 0.25) is 0 Å². The van der Waals surface area contributed by atoms with Gasteiger partial charge < -0.3 is 40.7 Å². The molecule has 0 aromatic carbocycles. The van der Waals surface area contributed by atoms with Gasteiger partial charge in [-0.2, -0.15) is 0 Å². The molecule has 170 valence electrons. The zero-order valence-corrected chi connectivity index (χ0v) is 16.5. The number of rotatable bonds is 9.